The molecule has 11 heteroatoms. The van der Waals surface area contributed by atoms with Crippen LogP contribution in [0.3, 0.4) is 0 Å². The van der Waals surface area contributed by atoms with Crippen LogP contribution in [-0.4, -0.2) is 19.4 Å². The Morgan fingerprint density at radius 1 is 1.07 bits per heavy atom. The van der Waals surface area contributed by atoms with Crippen molar-refractivity contribution in [3.8, 4) is 11.5 Å². The molecule has 0 aliphatic carbocycles. The highest BCUT2D eigenvalue weighted by Crippen LogP contribution is 2.40. The van der Waals surface area contributed by atoms with Crippen LogP contribution in [-0.2, 0) is 16.6 Å². The van der Waals surface area contributed by atoms with Crippen LogP contribution in [0.2, 0.25) is 5.02 Å². The first-order valence-electron chi connectivity index (χ1n) is 8.54. The molecular formula is C19H13ClF2N4O3S. The zero-order chi connectivity index (χ0) is 21.3. The van der Waals surface area contributed by atoms with Gasteiger partial charge in [-0.05, 0) is 36.4 Å². The lowest BCUT2D eigenvalue weighted by Crippen LogP contribution is -2.41. The monoisotopic (exact) mass is 450 g/mol. The Labute approximate surface area is 175 Å². The molecule has 0 fully saturated rings. The highest BCUT2D eigenvalue weighted by molar-refractivity contribution is 7.90. The van der Waals surface area contributed by atoms with E-state index in [2.05, 4.69) is 20.0 Å². The first-order chi connectivity index (χ1) is 14.3. The number of pyridine rings is 1. The topological polar surface area (TPSA) is 92.7 Å². The van der Waals surface area contributed by atoms with Crippen molar-refractivity contribution in [2.24, 2.45) is 4.99 Å². The zero-order valence-electron chi connectivity index (χ0n) is 15.1. The Hall–Kier alpha value is -3.24. The van der Waals surface area contributed by atoms with Gasteiger partial charge in [-0.3, -0.25) is 4.98 Å². The molecule has 1 aliphatic heterocycles. The summed E-state index contributed by atoms with van der Waals surface area (Å²) in [6.07, 6.45) is 1.39. The minimum Gasteiger partial charge on any atom is -0.450 e. The number of aliphatic imine (C=N–C) groups is 1. The maximum atomic E-state index is 14.6. The van der Waals surface area contributed by atoms with Crippen molar-refractivity contribution in [2.75, 3.05) is 5.32 Å². The van der Waals surface area contributed by atoms with E-state index < -0.39 is 21.7 Å². The summed E-state index contributed by atoms with van der Waals surface area (Å²) in [5.74, 6) is -1.87. The average molecular weight is 451 g/mol. The number of hydrogen-bond acceptors (Lipinski definition) is 5. The summed E-state index contributed by atoms with van der Waals surface area (Å²) in [5.41, 5.74) is -0.141. The molecule has 0 amide bonds. The lowest BCUT2D eigenvalue weighted by molar-refractivity contribution is 0.443. The highest BCUT2D eigenvalue weighted by Gasteiger charge is 2.31. The molecule has 0 saturated carbocycles. The number of aromatic nitrogens is 1. The number of fused-ring (bicyclic) bond motifs is 1. The second kappa shape index (κ2) is 7.88. The molecule has 1 aliphatic rings. The number of halogens is 3. The molecule has 3 aromatic rings. The molecule has 30 heavy (non-hydrogen) atoms. The minimum absolute atomic E-state index is 0.0172. The summed E-state index contributed by atoms with van der Waals surface area (Å²) in [7, 11) is -4.08. The molecular weight excluding hydrogens is 438 g/mol. The third-order valence-electron chi connectivity index (χ3n) is 4.11. The molecule has 7 nitrogen and oxygen atoms in total. The van der Waals surface area contributed by atoms with Crippen molar-refractivity contribution in [1.82, 2.24) is 9.71 Å². The van der Waals surface area contributed by atoms with Crippen LogP contribution < -0.4 is 14.8 Å². The number of guanidine groups is 1. The summed E-state index contributed by atoms with van der Waals surface area (Å²) >= 11 is 6.06. The van der Waals surface area contributed by atoms with Gasteiger partial charge in [0.25, 0.3) is 10.0 Å². The summed E-state index contributed by atoms with van der Waals surface area (Å²) in [6, 6.07) is 11.0. The molecule has 154 valence electrons. The smallest absolute Gasteiger partial charge is 0.266 e. The first-order valence-corrected chi connectivity index (χ1v) is 10.4. The number of rotatable bonds is 4. The normalized spacial score (nSPS) is 15.8. The molecule has 0 radical (unpaired) electrons. The van der Waals surface area contributed by atoms with Gasteiger partial charge in [0.2, 0.25) is 5.96 Å². The number of anilines is 1. The van der Waals surface area contributed by atoms with E-state index in [0.29, 0.717) is 0 Å². The van der Waals surface area contributed by atoms with Crippen molar-refractivity contribution in [3.63, 3.8) is 0 Å². The lowest BCUT2D eigenvalue weighted by Gasteiger charge is -2.24. The SMILES string of the molecule is O=S1(=O)NC(=NCc2ncccc2F)Nc2c1ccc(F)c2Oc1ccccc1Cl. The molecule has 0 bridgehead atoms. The van der Waals surface area contributed by atoms with Gasteiger partial charge in [-0.25, -0.2) is 26.9 Å². The predicted octanol–water partition coefficient (Wildman–Crippen LogP) is 4.07. The van der Waals surface area contributed by atoms with Crippen molar-refractivity contribution < 1.29 is 21.9 Å². The average Bonchev–Trinajstić information content (AvgIpc) is 2.70. The molecule has 1 aromatic heterocycles. The van der Waals surface area contributed by atoms with Gasteiger partial charge < -0.3 is 10.1 Å². The number of nitrogens with zero attached hydrogens (tertiary/aromatic N) is 2. The molecule has 0 spiro atoms. The fourth-order valence-electron chi connectivity index (χ4n) is 2.71. The Morgan fingerprint density at radius 3 is 2.63 bits per heavy atom. The van der Waals surface area contributed by atoms with Gasteiger partial charge in [0.15, 0.2) is 11.6 Å². The fraction of sp³-hybridized carbons (Fsp3) is 0.0526. The summed E-state index contributed by atoms with van der Waals surface area (Å²) < 4.78 is 61.3. The standard InChI is InChI=1S/C19H13ClF2N4O3S/c20-11-4-1-2-6-15(11)29-18-13(22)7-8-16-17(18)25-19(26-30(16,27)28)24-10-14-12(21)5-3-9-23-14/h1-9H,10H2,(H2,24,25,26). The van der Waals surface area contributed by atoms with E-state index in [1.165, 1.54) is 24.4 Å². The van der Waals surface area contributed by atoms with Gasteiger partial charge in [0.05, 0.1) is 17.3 Å². The summed E-state index contributed by atoms with van der Waals surface area (Å²) in [6.45, 7) is -0.247. The first kappa shape index (κ1) is 20.0. The fourth-order valence-corrected chi connectivity index (χ4v) is 4.02. The molecule has 4 rings (SSSR count). The third kappa shape index (κ3) is 3.91. The van der Waals surface area contributed by atoms with Gasteiger partial charge in [-0.15, -0.1) is 0 Å². The Bertz CT molecular complexity index is 1270. The van der Waals surface area contributed by atoms with E-state index in [-0.39, 0.29) is 45.3 Å². The zero-order valence-corrected chi connectivity index (χ0v) is 16.6. The van der Waals surface area contributed by atoms with Gasteiger partial charge >= 0.3 is 0 Å². The predicted molar refractivity (Wildman–Crippen MR) is 107 cm³/mol. The van der Waals surface area contributed by atoms with Gasteiger partial charge in [0, 0.05) is 6.20 Å². The van der Waals surface area contributed by atoms with E-state index in [9.17, 15) is 17.2 Å². The van der Waals surface area contributed by atoms with Gasteiger partial charge in [0.1, 0.15) is 22.1 Å². The largest absolute Gasteiger partial charge is 0.450 e. The van der Waals surface area contributed by atoms with E-state index in [1.807, 2.05) is 0 Å². The van der Waals surface area contributed by atoms with Gasteiger partial charge in [-0.2, -0.15) is 0 Å². The number of para-hydroxylation sites is 1. The lowest BCUT2D eigenvalue weighted by atomic mass is 10.2. The Morgan fingerprint density at radius 2 is 1.87 bits per heavy atom. The Kier molecular flexibility index (Phi) is 5.27. The summed E-state index contributed by atoms with van der Waals surface area (Å²) in [4.78, 5) is 7.63. The number of sulfonamides is 1. The van der Waals surface area contributed by atoms with E-state index in [1.54, 1.807) is 18.2 Å². The van der Waals surface area contributed by atoms with E-state index in [0.717, 1.165) is 12.1 Å². The van der Waals surface area contributed by atoms with Crippen molar-refractivity contribution >= 4 is 33.3 Å². The minimum atomic E-state index is -4.08. The van der Waals surface area contributed by atoms with Crippen molar-refractivity contribution in [1.29, 1.82) is 0 Å². The molecule has 0 atom stereocenters. The van der Waals surface area contributed by atoms with Crippen LogP contribution in [0.4, 0.5) is 14.5 Å². The molecule has 2 N–H and O–H groups in total. The number of benzene rings is 2. The number of hydrogen-bond donors (Lipinski definition) is 2. The van der Waals surface area contributed by atoms with Crippen molar-refractivity contribution in [2.45, 2.75) is 11.4 Å². The van der Waals surface area contributed by atoms with Crippen LogP contribution in [0, 0.1) is 11.6 Å². The number of nitrogens with one attached hydrogen (secondary N) is 2. The second-order valence-corrected chi connectivity index (χ2v) is 8.17. The van der Waals surface area contributed by atoms with Crippen LogP contribution in [0.1, 0.15) is 5.69 Å². The van der Waals surface area contributed by atoms with Crippen LogP contribution in [0.5, 0.6) is 11.5 Å². The summed E-state index contributed by atoms with van der Waals surface area (Å²) in [5, 5.41) is 2.91. The maximum Gasteiger partial charge on any atom is 0.266 e. The quantitative estimate of drug-likeness (QED) is 0.625. The number of ether oxygens (including phenoxy) is 1. The van der Waals surface area contributed by atoms with Crippen molar-refractivity contribution in [3.05, 3.63) is 77.1 Å². The van der Waals surface area contributed by atoms with Crippen LogP contribution in [0.15, 0.2) is 64.6 Å². The highest BCUT2D eigenvalue weighted by atomic mass is 35.5. The Balaban J connectivity index is 1.74. The molecule has 2 aromatic carbocycles. The maximum absolute atomic E-state index is 14.6. The van der Waals surface area contributed by atoms with Gasteiger partial charge in [-0.1, -0.05) is 23.7 Å². The molecule has 0 unspecified atom stereocenters. The van der Waals surface area contributed by atoms with Crippen LogP contribution >= 0.6 is 11.6 Å². The third-order valence-corrected chi connectivity index (χ3v) is 5.80. The molecule has 0 saturated heterocycles. The second-order valence-electron chi connectivity index (χ2n) is 6.11. The molecule has 2 heterocycles. The van der Waals surface area contributed by atoms with E-state index >= 15 is 0 Å². The van der Waals surface area contributed by atoms with E-state index in [4.69, 9.17) is 16.3 Å². The van der Waals surface area contributed by atoms with Crippen LogP contribution in [0.25, 0.3) is 0 Å².